The largest absolute Gasteiger partial charge is 0.465 e. The maximum absolute atomic E-state index is 11.6. The lowest BCUT2D eigenvalue weighted by Crippen LogP contribution is -2.31. The molecule has 0 aliphatic carbocycles. The van der Waals surface area contributed by atoms with Gasteiger partial charge >= 0.3 is 5.97 Å². The van der Waals surface area contributed by atoms with Crippen LogP contribution in [0.5, 0.6) is 0 Å². The highest BCUT2D eigenvalue weighted by Gasteiger charge is 2.19. The van der Waals surface area contributed by atoms with E-state index in [-0.39, 0.29) is 0 Å². The van der Waals surface area contributed by atoms with Crippen molar-refractivity contribution in [1.82, 2.24) is 4.98 Å². The number of nitrogens with two attached hydrogens (primary N) is 1. The summed E-state index contributed by atoms with van der Waals surface area (Å²) in [6.07, 6.45) is 2.61. The van der Waals surface area contributed by atoms with E-state index in [1.807, 2.05) is 11.9 Å². The summed E-state index contributed by atoms with van der Waals surface area (Å²) in [6, 6.07) is 1.87. The van der Waals surface area contributed by atoms with Crippen molar-refractivity contribution in [1.29, 1.82) is 0 Å². The maximum atomic E-state index is 11.6. The van der Waals surface area contributed by atoms with Gasteiger partial charge in [0, 0.05) is 19.3 Å². The van der Waals surface area contributed by atoms with Crippen molar-refractivity contribution in [2.45, 2.75) is 33.2 Å². The first kappa shape index (κ1) is 15.3. The third-order valence-corrected chi connectivity index (χ3v) is 3.18. The number of ether oxygens (including phenoxy) is 1. The van der Waals surface area contributed by atoms with E-state index >= 15 is 0 Å². The molecule has 0 bridgehead atoms. The fourth-order valence-corrected chi connectivity index (χ4v) is 2.08. The van der Waals surface area contributed by atoms with Crippen LogP contribution in [0.15, 0.2) is 12.3 Å². The molecule has 1 aromatic rings. The summed E-state index contributed by atoms with van der Waals surface area (Å²) in [4.78, 5) is 17.9. The van der Waals surface area contributed by atoms with Crippen LogP contribution in [-0.4, -0.2) is 31.2 Å². The topological polar surface area (TPSA) is 68.5 Å². The second-order valence-corrected chi connectivity index (χ2v) is 5.18. The molecule has 2 N–H and O–H groups in total. The van der Waals surface area contributed by atoms with Gasteiger partial charge in [-0.3, -0.25) is 0 Å². The number of aromatic nitrogens is 1. The Kier molecular flexibility index (Phi) is 5.15. The van der Waals surface area contributed by atoms with Gasteiger partial charge in [0.15, 0.2) is 5.82 Å². The average Bonchev–Trinajstić information content (AvgIpc) is 2.36. The summed E-state index contributed by atoms with van der Waals surface area (Å²) in [5, 5.41) is 0. The van der Waals surface area contributed by atoms with Crippen LogP contribution in [-0.2, 0) is 4.74 Å². The van der Waals surface area contributed by atoms with Crippen LogP contribution in [0.1, 0.15) is 37.6 Å². The summed E-state index contributed by atoms with van der Waals surface area (Å²) in [7, 11) is 3.28. The number of hydrogen-bond acceptors (Lipinski definition) is 5. The smallest absolute Gasteiger partial charge is 0.340 e. The number of anilines is 2. The summed E-state index contributed by atoms with van der Waals surface area (Å²) in [5.74, 6) is 0.768. The lowest BCUT2D eigenvalue weighted by Gasteiger charge is -2.28. The van der Waals surface area contributed by atoms with E-state index in [0.717, 1.165) is 6.42 Å². The quantitative estimate of drug-likeness (QED) is 0.827. The molecule has 0 saturated heterocycles. The molecule has 1 rings (SSSR count). The molecule has 0 radical (unpaired) electrons. The Morgan fingerprint density at radius 3 is 2.63 bits per heavy atom. The second kappa shape index (κ2) is 6.41. The highest BCUT2D eigenvalue weighted by Crippen LogP contribution is 2.26. The predicted octanol–water partition coefficient (Wildman–Crippen LogP) is 2.32. The van der Waals surface area contributed by atoms with Gasteiger partial charge in [-0.2, -0.15) is 0 Å². The number of carbonyl (C=O) groups excluding carboxylic acids is 1. The number of rotatable bonds is 5. The number of nitrogen functional groups attached to an aromatic ring is 1. The number of carbonyl (C=O) groups is 1. The van der Waals surface area contributed by atoms with Crippen molar-refractivity contribution >= 4 is 17.5 Å². The van der Waals surface area contributed by atoms with Crippen LogP contribution in [0.4, 0.5) is 11.5 Å². The molecule has 0 saturated carbocycles. The molecule has 0 amide bonds. The first-order valence-corrected chi connectivity index (χ1v) is 6.44. The van der Waals surface area contributed by atoms with Crippen molar-refractivity contribution in [2.24, 2.45) is 5.92 Å². The first-order valence-electron chi connectivity index (χ1n) is 6.44. The molecule has 0 aliphatic rings. The Labute approximate surface area is 114 Å². The van der Waals surface area contributed by atoms with E-state index in [1.54, 1.807) is 12.3 Å². The van der Waals surface area contributed by atoms with Gasteiger partial charge in [0.2, 0.25) is 0 Å². The van der Waals surface area contributed by atoms with Crippen molar-refractivity contribution in [3.63, 3.8) is 0 Å². The molecular formula is C14H23N3O2. The van der Waals surface area contributed by atoms with E-state index < -0.39 is 5.97 Å². The fourth-order valence-electron chi connectivity index (χ4n) is 2.08. The molecule has 1 aromatic heterocycles. The summed E-state index contributed by atoms with van der Waals surface area (Å²) < 4.78 is 4.71. The van der Waals surface area contributed by atoms with Gasteiger partial charge < -0.3 is 15.4 Å². The van der Waals surface area contributed by atoms with E-state index in [0.29, 0.717) is 29.0 Å². The zero-order chi connectivity index (χ0) is 14.6. The van der Waals surface area contributed by atoms with Crippen molar-refractivity contribution < 1.29 is 9.53 Å². The van der Waals surface area contributed by atoms with Gasteiger partial charge in [-0.15, -0.1) is 0 Å². The van der Waals surface area contributed by atoms with Crippen molar-refractivity contribution in [2.75, 3.05) is 24.8 Å². The Morgan fingerprint density at radius 2 is 2.11 bits per heavy atom. The van der Waals surface area contributed by atoms with Gasteiger partial charge in [-0.25, -0.2) is 9.78 Å². The number of hydrogen-bond donors (Lipinski definition) is 1. The number of methoxy groups -OCH3 is 1. The highest BCUT2D eigenvalue weighted by atomic mass is 16.5. The number of esters is 1. The summed E-state index contributed by atoms with van der Waals surface area (Å²) >= 11 is 0. The molecule has 5 heteroatoms. The minimum Gasteiger partial charge on any atom is -0.465 e. The molecule has 5 nitrogen and oxygen atoms in total. The zero-order valence-corrected chi connectivity index (χ0v) is 12.3. The van der Waals surface area contributed by atoms with Gasteiger partial charge in [-0.1, -0.05) is 13.8 Å². The van der Waals surface area contributed by atoms with Gasteiger partial charge in [0.25, 0.3) is 0 Å². The van der Waals surface area contributed by atoms with Crippen LogP contribution < -0.4 is 10.6 Å². The highest BCUT2D eigenvalue weighted by molar-refractivity contribution is 5.97. The van der Waals surface area contributed by atoms with Gasteiger partial charge in [-0.05, 0) is 25.3 Å². The predicted molar refractivity (Wildman–Crippen MR) is 77.3 cm³/mol. The molecule has 1 heterocycles. The molecule has 1 unspecified atom stereocenters. The van der Waals surface area contributed by atoms with Crippen molar-refractivity contribution in [3.8, 4) is 0 Å². The molecule has 106 valence electrons. The van der Waals surface area contributed by atoms with Gasteiger partial charge in [0.05, 0.1) is 18.4 Å². The Balaban J connectivity index is 3.04. The van der Waals surface area contributed by atoms with Gasteiger partial charge in [0.1, 0.15) is 0 Å². The van der Waals surface area contributed by atoms with Crippen LogP contribution in [0.2, 0.25) is 0 Å². The minimum atomic E-state index is -0.439. The molecule has 0 aliphatic heterocycles. The normalized spacial score (nSPS) is 12.3. The van der Waals surface area contributed by atoms with Crippen molar-refractivity contribution in [3.05, 3.63) is 17.8 Å². The Bertz CT molecular complexity index is 446. The molecular weight excluding hydrogens is 242 g/mol. The number of pyridine rings is 1. The zero-order valence-electron chi connectivity index (χ0n) is 12.3. The molecule has 1 atom stereocenters. The summed E-state index contributed by atoms with van der Waals surface area (Å²) in [6.45, 7) is 6.46. The molecule has 0 spiro atoms. The third-order valence-electron chi connectivity index (χ3n) is 3.18. The lowest BCUT2D eigenvalue weighted by atomic mass is 10.0. The second-order valence-electron chi connectivity index (χ2n) is 5.18. The van der Waals surface area contributed by atoms with E-state index in [4.69, 9.17) is 10.5 Å². The number of nitrogens with zero attached hydrogens (tertiary/aromatic N) is 2. The fraction of sp³-hybridized carbons (Fsp3) is 0.571. The minimum absolute atomic E-state index is 0.294. The summed E-state index contributed by atoms with van der Waals surface area (Å²) in [5.41, 5.74) is 6.75. The van der Waals surface area contributed by atoms with Crippen LogP contribution in [0.25, 0.3) is 0 Å². The monoisotopic (exact) mass is 265 g/mol. The maximum Gasteiger partial charge on any atom is 0.340 e. The van der Waals surface area contributed by atoms with E-state index in [9.17, 15) is 4.79 Å². The van der Waals surface area contributed by atoms with E-state index in [2.05, 4.69) is 25.8 Å². The standard InChI is InChI=1S/C14H23N3O2/c1-9(2)8-10(3)17(4)13-12(15)11(6-7-16-13)14(18)19-5/h6-7,9-10H,8,15H2,1-5H3. The molecule has 19 heavy (non-hydrogen) atoms. The Hall–Kier alpha value is -1.78. The first-order chi connectivity index (χ1) is 8.88. The van der Waals surface area contributed by atoms with Crippen LogP contribution >= 0.6 is 0 Å². The van der Waals surface area contributed by atoms with Crippen LogP contribution in [0.3, 0.4) is 0 Å². The SMILES string of the molecule is COC(=O)c1ccnc(N(C)C(C)CC(C)C)c1N. The Morgan fingerprint density at radius 1 is 1.47 bits per heavy atom. The third kappa shape index (κ3) is 3.59. The average molecular weight is 265 g/mol. The van der Waals surface area contributed by atoms with E-state index in [1.165, 1.54) is 7.11 Å². The molecule has 0 aromatic carbocycles. The lowest BCUT2D eigenvalue weighted by molar-refractivity contribution is 0.0602. The van der Waals surface area contributed by atoms with Crippen LogP contribution in [0, 0.1) is 5.92 Å². The molecule has 0 fully saturated rings.